The first-order chi connectivity index (χ1) is 10.2. The fraction of sp³-hybridized carbons (Fsp3) is 0.353. The third-order valence-corrected chi connectivity index (χ3v) is 5.02. The van der Waals surface area contributed by atoms with Crippen LogP contribution in [0.1, 0.15) is 35.4 Å². The highest BCUT2D eigenvalue weighted by Gasteiger charge is 2.31. The van der Waals surface area contributed by atoms with Crippen LogP contribution in [0.5, 0.6) is 5.75 Å². The van der Waals surface area contributed by atoms with E-state index in [1.165, 1.54) is 10.4 Å². The van der Waals surface area contributed by atoms with Crippen molar-refractivity contribution in [3.05, 3.63) is 51.7 Å². The summed E-state index contributed by atoms with van der Waals surface area (Å²) in [5.74, 6) is 1.06. The van der Waals surface area contributed by atoms with Gasteiger partial charge in [0.1, 0.15) is 5.75 Å². The van der Waals surface area contributed by atoms with Crippen molar-refractivity contribution in [2.75, 3.05) is 13.7 Å². The molecule has 0 saturated carbocycles. The van der Waals surface area contributed by atoms with Crippen LogP contribution in [0, 0.1) is 0 Å². The summed E-state index contributed by atoms with van der Waals surface area (Å²) in [4.78, 5) is 15.7. The molecule has 1 aromatic heterocycles. The summed E-state index contributed by atoms with van der Waals surface area (Å²) in [5.41, 5.74) is 2.43. The van der Waals surface area contributed by atoms with Crippen LogP contribution in [0.15, 0.2) is 35.7 Å². The number of carbonyl (C=O) groups is 1. The second-order valence-corrected chi connectivity index (χ2v) is 6.17. The predicted octanol–water partition coefficient (Wildman–Crippen LogP) is 3.64. The normalized spacial score (nSPS) is 17.4. The zero-order valence-electron chi connectivity index (χ0n) is 12.3. The third kappa shape index (κ3) is 2.56. The van der Waals surface area contributed by atoms with Crippen molar-refractivity contribution in [2.24, 2.45) is 0 Å². The lowest BCUT2D eigenvalue weighted by atomic mass is 9.93. The van der Waals surface area contributed by atoms with Crippen LogP contribution < -0.4 is 4.74 Å². The lowest BCUT2D eigenvalue weighted by Gasteiger charge is -2.36. The lowest BCUT2D eigenvalue weighted by Crippen LogP contribution is -2.39. The van der Waals surface area contributed by atoms with E-state index >= 15 is 0 Å². The van der Waals surface area contributed by atoms with Crippen LogP contribution in [0.2, 0.25) is 0 Å². The Morgan fingerprint density at radius 1 is 1.33 bits per heavy atom. The zero-order valence-corrected chi connectivity index (χ0v) is 13.2. The van der Waals surface area contributed by atoms with Gasteiger partial charge < -0.3 is 9.64 Å². The number of nitrogens with zero attached hydrogens (tertiary/aromatic N) is 1. The highest BCUT2D eigenvalue weighted by Crippen LogP contribution is 2.38. The molecule has 3 nitrogen and oxygen atoms in total. The van der Waals surface area contributed by atoms with Crippen molar-refractivity contribution < 1.29 is 9.53 Å². The molecule has 0 bridgehead atoms. The van der Waals surface area contributed by atoms with Gasteiger partial charge in [0.2, 0.25) is 5.91 Å². The number of fused-ring (bicyclic) bond motifs is 1. The lowest BCUT2D eigenvalue weighted by molar-refractivity contribution is -0.132. The number of ether oxygens (including phenoxy) is 1. The topological polar surface area (TPSA) is 29.5 Å². The third-order valence-electron chi connectivity index (χ3n) is 4.02. The number of amides is 1. The van der Waals surface area contributed by atoms with Crippen LogP contribution in [-0.4, -0.2) is 24.5 Å². The standard InChI is InChI=1S/C17H19NO2S/c1-3-16(19)18-10-8-15-14(9-11-21-15)17(18)12-4-6-13(20-2)7-5-12/h4-7,9,11,17H,3,8,10H2,1-2H3/t17-/m1/s1. The van der Waals surface area contributed by atoms with Gasteiger partial charge in [-0.3, -0.25) is 4.79 Å². The summed E-state index contributed by atoms with van der Waals surface area (Å²) in [6.45, 7) is 2.73. The molecular weight excluding hydrogens is 282 g/mol. The first kappa shape index (κ1) is 14.1. The highest BCUT2D eigenvalue weighted by atomic mass is 32.1. The molecule has 0 N–H and O–H groups in total. The zero-order chi connectivity index (χ0) is 14.8. The SMILES string of the molecule is CCC(=O)N1CCc2sccc2[C@H]1c1ccc(OC)cc1. The molecule has 1 aliphatic rings. The van der Waals surface area contributed by atoms with Gasteiger partial charge in [-0.2, -0.15) is 0 Å². The van der Waals surface area contributed by atoms with E-state index < -0.39 is 0 Å². The van der Waals surface area contributed by atoms with Crippen LogP contribution >= 0.6 is 11.3 Å². The number of methoxy groups -OCH3 is 1. The molecule has 1 amide bonds. The van der Waals surface area contributed by atoms with E-state index in [1.807, 2.05) is 24.0 Å². The summed E-state index contributed by atoms with van der Waals surface area (Å²) < 4.78 is 5.23. The Morgan fingerprint density at radius 3 is 2.76 bits per heavy atom. The van der Waals surface area contributed by atoms with Crippen molar-refractivity contribution in [1.82, 2.24) is 4.90 Å². The molecule has 2 heterocycles. The quantitative estimate of drug-likeness (QED) is 0.866. The molecule has 3 rings (SSSR count). The van der Waals surface area contributed by atoms with Gasteiger partial charge in [0.15, 0.2) is 0 Å². The fourth-order valence-electron chi connectivity index (χ4n) is 2.93. The Kier molecular flexibility index (Phi) is 3.97. The molecule has 110 valence electrons. The predicted molar refractivity (Wildman–Crippen MR) is 84.9 cm³/mol. The van der Waals surface area contributed by atoms with Crippen LogP contribution in [-0.2, 0) is 11.2 Å². The molecule has 0 radical (unpaired) electrons. The van der Waals surface area contributed by atoms with Gasteiger partial charge in [-0.25, -0.2) is 0 Å². The number of hydrogen-bond donors (Lipinski definition) is 0. The number of carbonyl (C=O) groups excluding carboxylic acids is 1. The van der Waals surface area contributed by atoms with Gasteiger partial charge in [0.25, 0.3) is 0 Å². The van der Waals surface area contributed by atoms with Crippen LogP contribution in [0.4, 0.5) is 0 Å². The van der Waals surface area contributed by atoms with Gasteiger partial charge in [0.05, 0.1) is 13.2 Å². The van der Waals surface area contributed by atoms with Crippen molar-refractivity contribution in [1.29, 1.82) is 0 Å². The summed E-state index contributed by atoms with van der Waals surface area (Å²) in [6.07, 6.45) is 1.51. The summed E-state index contributed by atoms with van der Waals surface area (Å²) in [7, 11) is 1.67. The second kappa shape index (κ2) is 5.90. The van der Waals surface area contributed by atoms with Crippen molar-refractivity contribution in [3.63, 3.8) is 0 Å². The molecule has 21 heavy (non-hydrogen) atoms. The van der Waals surface area contributed by atoms with E-state index in [2.05, 4.69) is 23.6 Å². The van der Waals surface area contributed by atoms with Crippen molar-refractivity contribution >= 4 is 17.2 Å². The molecule has 4 heteroatoms. The van der Waals surface area contributed by atoms with E-state index in [0.29, 0.717) is 6.42 Å². The molecule has 2 aromatic rings. The summed E-state index contributed by atoms with van der Waals surface area (Å²) in [5, 5.41) is 2.13. The Labute approximate surface area is 129 Å². The average molecular weight is 301 g/mol. The summed E-state index contributed by atoms with van der Waals surface area (Å²) in [6, 6.07) is 10.2. The highest BCUT2D eigenvalue weighted by molar-refractivity contribution is 7.10. The number of rotatable bonds is 3. The minimum Gasteiger partial charge on any atom is -0.497 e. The van der Waals surface area contributed by atoms with Gasteiger partial charge >= 0.3 is 0 Å². The molecule has 1 atom stereocenters. The molecular formula is C17H19NO2S. The molecule has 0 fully saturated rings. The first-order valence-electron chi connectivity index (χ1n) is 7.24. The van der Waals surface area contributed by atoms with E-state index in [1.54, 1.807) is 18.4 Å². The Bertz CT molecular complexity index is 632. The Hall–Kier alpha value is -1.81. The molecule has 1 aromatic carbocycles. The van der Waals surface area contributed by atoms with E-state index in [-0.39, 0.29) is 11.9 Å². The van der Waals surface area contributed by atoms with Crippen molar-refractivity contribution in [3.8, 4) is 5.75 Å². The molecule has 0 saturated heterocycles. The largest absolute Gasteiger partial charge is 0.497 e. The summed E-state index contributed by atoms with van der Waals surface area (Å²) >= 11 is 1.79. The van der Waals surface area contributed by atoms with E-state index in [4.69, 9.17) is 4.74 Å². The second-order valence-electron chi connectivity index (χ2n) is 5.17. The maximum Gasteiger partial charge on any atom is 0.223 e. The van der Waals surface area contributed by atoms with Gasteiger partial charge in [-0.05, 0) is 41.1 Å². The maximum absolute atomic E-state index is 12.3. The smallest absolute Gasteiger partial charge is 0.223 e. The molecule has 1 aliphatic heterocycles. The number of thiophene rings is 1. The van der Waals surface area contributed by atoms with Gasteiger partial charge in [0, 0.05) is 17.8 Å². The van der Waals surface area contributed by atoms with E-state index in [9.17, 15) is 4.79 Å². The number of benzene rings is 1. The maximum atomic E-state index is 12.3. The minimum absolute atomic E-state index is 0.0401. The van der Waals surface area contributed by atoms with Gasteiger partial charge in [-0.15, -0.1) is 11.3 Å². The average Bonchev–Trinajstić information content (AvgIpc) is 3.02. The van der Waals surface area contributed by atoms with E-state index in [0.717, 1.165) is 24.3 Å². The Morgan fingerprint density at radius 2 is 2.10 bits per heavy atom. The monoisotopic (exact) mass is 301 g/mol. The van der Waals surface area contributed by atoms with Gasteiger partial charge in [-0.1, -0.05) is 19.1 Å². The first-order valence-corrected chi connectivity index (χ1v) is 8.12. The van der Waals surface area contributed by atoms with Crippen LogP contribution in [0.3, 0.4) is 0 Å². The fourth-order valence-corrected chi connectivity index (χ4v) is 3.84. The van der Waals surface area contributed by atoms with Crippen LogP contribution in [0.25, 0.3) is 0 Å². The van der Waals surface area contributed by atoms with Crippen molar-refractivity contribution in [2.45, 2.75) is 25.8 Å². The molecule has 0 aliphatic carbocycles. The minimum atomic E-state index is 0.0401. The molecule has 0 spiro atoms. The molecule has 0 unspecified atom stereocenters. The Balaban J connectivity index is 2.03. The number of hydrogen-bond acceptors (Lipinski definition) is 3.